The van der Waals surface area contributed by atoms with Gasteiger partial charge in [0, 0.05) is 16.5 Å². The number of nitrogens with zero attached hydrogens (tertiary/aromatic N) is 2. The summed E-state index contributed by atoms with van der Waals surface area (Å²) in [6, 6.07) is 8.95. The second kappa shape index (κ2) is 5.93. The molecule has 0 aliphatic heterocycles. The SMILES string of the molecule is COC(=O)CN(C(=O)c1ccc2ccc(Cl)cc2n1)C1CC1. The van der Waals surface area contributed by atoms with E-state index in [1.165, 1.54) is 12.0 Å². The van der Waals surface area contributed by atoms with Gasteiger partial charge in [-0.05, 0) is 31.0 Å². The fourth-order valence-corrected chi connectivity index (χ4v) is 2.48. The minimum absolute atomic E-state index is 0.0464. The molecule has 114 valence electrons. The Labute approximate surface area is 132 Å². The zero-order valence-electron chi connectivity index (χ0n) is 12.1. The van der Waals surface area contributed by atoms with Gasteiger partial charge in [0.2, 0.25) is 0 Å². The number of hydrogen-bond donors (Lipinski definition) is 0. The average Bonchev–Trinajstić information content (AvgIpc) is 3.35. The molecule has 22 heavy (non-hydrogen) atoms. The quantitative estimate of drug-likeness (QED) is 0.813. The summed E-state index contributed by atoms with van der Waals surface area (Å²) < 4.78 is 4.66. The molecule has 5 nitrogen and oxygen atoms in total. The van der Waals surface area contributed by atoms with E-state index in [-0.39, 0.29) is 18.5 Å². The first-order valence-corrected chi connectivity index (χ1v) is 7.40. The Morgan fingerprint density at radius 2 is 2.05 bits per heavy atom. The number of fused-ring (bicyclic) bond motifs is 1. The molecule has 6 heteroatoms. The Bertz CT molecular complexity index is 743. The molecule has 1 fully saturated rings. The van der Waals surface area contributed by atoms with Crippen LogP contribution < -0.4 is 0 Å². The van der Waals surface area contributed by atoms with Crippen LogP contribution in [0.25, 0.3) is 10.9 Å². The normalized spacial score (nSPS) is 13.9. The average molecular weight is 319 g/mol. The van der Waals surface area contributed by atoms with Crippen molar-refractivity contribution in [1.82, 2.24) is 9.88 Å². The van der Waals surface area contributed by atoms with E-state index < -0.39 is 5.97 Å². The van der Waals surface area contributed by atoms with Crippen LogP contribution in [0.4, 0.5) is 0 Å². The summed E-state index contributed by atoms with van der Waals surface area (Å²) in [5, 5.41) is 1.48. The van der Waals surface area contributed by atoms with Gasteiger partial charge in [-0.25, -0.2) is 4.98 Å². The molecular weight excluding hydrogens is 304 g/mol. The maximum absolute atomic E-state index is 12.6. The number of hydrogen-bond acceptors (Lipinski definition) is 4. The Hall–Kier alpha value is -2.14. The van der Waals surface area contributed by atoms with Gasteiger partial charge < -0.3 is 9.64 Å². The van der Waals surface area contributed by atoms with Crippen LogP contribution in [-0.2, 0) is 9.53 Å². The van der Waals surface area contributed by atoms with Crippen LogP contribution in [-0.4, -0.2) is 41.5 Å². The first-order valence-electron chi connectivity index (χ1n) is 7.02. The van der Waals surface area contributed by atoms with Crippen LogP contribution in [0.2, 0.25) is 5.02 Å². The van der Waals surface area contributed by atoms with Crippen molar-refractivity contribution in [2.24, 2.45) is 0 Å². The first-order chi connectivity index (χ1) is 10.6. The van der Waals surface area contributed by atoms with Crippen molar-refractivity contribution in [3.63, 3.8) is 0 Å². The second-order valence-corrected chi connectivity index (χ2v) is 5.71. The highest BCUT2D eigenvalue weighted by molar-refractivity contribution is 6.31. The molecule has 3 rings (SSSR count). The molecule has 1 aromatic heterocycles. The lowest BCUT2D eigenvalue weighted by Gasteiger charge is -2.20. The summed E-state index contributed by atoms with van der Waals surface area (Å²) >= 11 is 5.96. The maximum Gasteiger partial charge on any atom is 0.325 e. The Kier molecular flexibility index (Phi) is 3.98. The van der Waals surface area contributed by atoms with Gasteiger partial charge in [-0.1, -0.05) is 23.7 Å². The molecule has 1 saturated carbocycles. The fraction of sp³-hybridized carbons (Fsp3) is 0.312. The molecule has 0 N–H and O–H groups in total. The molecule has 1 amide bonds. The topological polar surface area (TPSA) is 59.5 Å². The summed E-state index contributed by atoms with van der Waals surface area (Å²) in [4.78, 5) is 30.0. The van der Waals surface area contributed by atoms with Crippen molar-refractivity contribution in [2.75, 3.05) is 13.7 Å². The van der Waals surface area contributed by atoms with Crippen molar-refractivity contribution in [3.05, 3.63) is 41.0 Å². The third-order valence-corrected chi connectivity index (χ3v) is 3.88. The fourth-order valence-electron chi connectivity index (χ4n) is 2.31. The molecule has 1 aliphatic carbocycles. The number of halogens is 1. The Balaban J connectivity index is 1.90. The summed E-state index contributed by atoms with van der Waals surface area (Å²) in [6.07, 6.45) is 1.81. The molecule has 1 heterocycles. The Morgan fingerprint density at radius 1 is 1.32 bits per heavy atom. The largest absolute Gasteiger partial charge is 0.468 e. The van der Waals surface area contributed by atoms with Crippen molar-refractivity contribution in [2.45, 2.75) is 18.9 Å². The van der Waals surface area contributed by atoms with Gasteiger partial charge in [-0.15, -0.1) is 0 Å². The first kappa shape index (κ1) is 14.8. The molecule has 0 spiro atoms. The number of carbonyl (C=O) groups excluding carboxylic acids is 2. The molecule has 0 saturated heterocycles. The number of amides is 1. The van der Waals surface area contributed by atoms with Gasteiger partial charge in [0.1, 0.15) is 12.2 Å². The van der Waals surface area contributed by atoms with Crippen LogP contribution >= 0.6 is 11.6 Å². The van der Waals surface area contributed by atoms with E-state index >= 15 is 0 Å². The highest BCUT2D eigenvalue weighted by Gasteiger charge is 2.35. The minimum Gasteiger partial charge on any atom is -0.468 e. The summed E-state index contributed by atoms with van der Waals surface area (Å²) in [5.74, 6) is -0.682. The van der Waals surface area contributed by atoms with Crippen molar-refractivity contribution < 1.29 is 14.3 Å². The summed E-state index contributed by atoms with van der Waals surface area (Å²) in [7, 11) is 1.31. The zero-order valence-corrected chi connectivity index (χ0v) is 12.8. The number of ether oxygens (including phenoxy) is 1. The third kappa shape index (κ3) is 3.04. The van der Waals surface area contributed by atoms with E-state index in [1.54, 1.807) is 18.2 Å². The van der Waals surface area contributed by atoms with Gasteiger partial charge in [-0.2, -0.15) is 0 Å². The lowest BCUT2D eigenvalue weighted by molar-refractivity contribution is -0.141. The van der Waals surface area contributed by atoms with Gasteiger partial charge >= 0.3 is 5.97 Å². The number of rotatable bonds is 4. The van der Waals surface area contributed by atoms with Gasteiger partial charge in [-0.3, -0.25) is 9.59 Å². The van der Waals surface area contributed by atoms with Gasteiger partial charge in [0.25, 0.3) is 5.91 Å². The van der Waals surface area contributed by atoms with E-state index in [0.29, 0.717) is 16.2 Å². The van der Waals surface area contributed by atoms with E-state index in [0.717, 1.165) is 18.2 Å². The van der Waals surface area contributed by atoms with Crippen molar-refractivity contribution >= 4 is 34.4 Å². The predicted molar refractivity (Wildman–Crippen MR) is 82.8 cm³/mol. The highest BCUT2D eigenvalue weighted by atomic mass is 35.5. The summed E-state index contributed by atoms with van der Waals surface area (Å²) in [5.41, 5.74) is 0.970. The van der Waals surface area contributed by atoms with E-state index in [9.17, 15) is 9.59 Å². The number of pyridine rings is 1. The van der Waals surface area contributed by atoms with Gasteiger partial charge in [0.05, 0.1) is 12.6 Å². The van der Waals surface area contributed by atoms with Crippen LogP contribution in [0, 0.1) is 0 Å². The van der Waals surface area contributed by atoms with Crippen LogP contribution in [0.5, 0.6) is 0 Å². The standard InChI is InChI=1S/C16H15ClN2O3/c1-22-15(20)9-19(12-5-6-12)16(21)13-7-3-10-2-4-11(17)8-14(10)18-13/h2-4,7-8,12H,5-6,9H2,1H3. The molecule has 0 bridgehead atoms. The van der Waals surface area contributed by atoms with E-state index in [1.807, 2.05) is 12.1 Å². The summed E-state index contributed by atoms with van der Waals surface area (Å²) in [6.45, 7) is -0.0464. The van der Waals surface area contributed by atoms with Crippen molar-refractivity contribution in [1.29, 1.82) is 0 Å². The molecule has 0 atom stereocenters. The van der Waals surface area contributed by atoms with Crippen LogP contribution in [0.3, 0.4) is 0 Å². The highest BCUT2D eigenvalue weighted by Crippen LogP contribution is 2.28. The lowest BCUT2D eigenvalue weighted by Crippen LogP contribution is -2.38. The number of esters is 1. The monoisotopic (exact) mass is 318 g/mol. The van der Waals surface area contributed by atoms with Crippen LogP contribution in [0.15, 0.2) is 30.3 Å². The second-order valence-electron chi connectivity index (χ2n) is 5.27. The molecule has 1 aliphatic rings. The van der Waals surface area contributed by atoms with E-state index in [2.05, 4.69) is 9.72 Å². The maximum atomic E-state index is 12.6. The molecular formula is C16H15ClN2O3. The molecule has 2 aromatic rings. The van der Waals surface area contributed by atoms with Crippen molar-refractivity contribution in [3.8, 4) is 0 Å². The van der Waals surface area contributed by atoms with Gasteiger partial charge in [0.15, 0.2) is 0 Å². The molecule has 0 radical (unpaired) electrons. The van der Waals surface area contributed by atoms with E-state index in [4.69, 9.17) is 11.6 Å². The Morgan fingerprint density at radius 3 is 2.73 bits per heavy atom. The number of methoxy groups -OCH3 is 1. The zero-order chi connectivity index (χ0) is 15.7. The predicted octanol–water partition coefficient (Wildman–Crippen LogP) is 2.67. The third-order valence-electron chi connectivity index (χ3n) is 3.65. The number of carbonyl (C=O) groups is 2. The lowest BCUT2D eigenvalue weighted by atomic mass is 10.2. The minimum atomic E-state index is -0.427. The number of aromatic nitrogens is 1. The van der Waals surface area contributed by atoms with Crippen LogP contribution in [0.1, 0.15) is 23.3 Å². The number of benzene rings is 1. The molecule has 0 unspecified atom stereocenters. The smallest absolute Gasteiger partial charge is 0.325 e. The molecule has 1 aromatic carbocycles.